The van der Waals surface area contributed by atoms with E-state index in [-0.39, 0.29) is 24.0 Å². The second kappa shape index (κ2) is 10.1. The summed E-state index contributed by atoms with van der Waals surface area (Å²) in [5.74, 6) is 4.24. The Kier molecular flexibility index (Phi) is 7.57. The number of benzene rings is 1. The highest BCUT2D eigenvalue weighted by Crippen LogP contribution is 2.32. The number of aromatic nitrogens is 3. The third-order valence-corrected chi connectivity index (χ3v) is 5.40. The molecule has 0 atom stereocenters. The van der Waals surface area contributed by atoms with Gasteiger partial charge in [0.1, 0.15) is 12.4 Å². The minimum atomic E-state index is 0. The molecule has 0 bridgehead atoms. The number of aryl methyl sites for hydroxylation is 1. The van der Waals surface area contributed by atoms with Crippen molar-refractivity contribution in [2.75, 3.05) is 13.3 Å². The lowest BCUT2D eigenvalue weighted by atomic mass is 10.1. The van der Waals surface area contributed by atoms with Crippen LogP contribution < -0.4 is 20.1 Å². The van der Waals surface area contributed by atoms with Crippen molar-refractivity contribution in [1.29, 1.82) is 0 Å². The van der Waals surface area contributed by atoms with Gasteiger partial charge in [0.2, 0.25) is 6.79 Å². The van der Waals surface area contributed by atoms with Gasteiger partial charge in [-0.05, 0) is 43.9 Å². The lowest BCUT2D eigenvalue weighted by Gasteiger charge is -2.17. The third kappa shape index (κ3) is 5.52. The normalized spacial score (nSPS) is 16.0. The van der Waals surface area contributed by atoms with Gasteiger partial charge < -0.3 is 24.7 Å². The van der Waals surface area contributed by atoms with Gasteiger partial charge in [-0.1, -0.05) is 18.9 Å². The average Bonchev–Trinajstić information content (AvgIpc) is 3.43. The number of hydrogen-bond donors (Lipinski definition) is 2. The molecular formula is C20H29IN6O2. The second-order valence-corrected chi connectivity index (χ2v) is 7.38. The Hall–Kier alpha value is -2.04. The minimum Gasteiger partial charge on any atom is -0.454 e. The molecule has 1 aromatic heterocycles. The number of guanidine groups is 1. The molecule has 0 amide bonds. The summed E-state index contributed by atoms with van der Waals surface area (Å²) in [6.45, 7) is 3.54. The SMILES string of the molecule is Cc1nnc(CN=C(NCCc2ccc3c(c2)OCO3)NC2CCCC2)n1C.I. The molecule has 1 saturated carbocycles. The molecule has 4 rings (SSSR count). The molecule has 0 radical (unpaired) electrons. The van der Waals surface area contributed by atoms with Gasteiger partial charge >= 0.3 is 0 Å². The molecular weight excluding hydrogens is 483 g/mol. The Morgan fingerprint density at radius 2 is 2.00 bits per heavy atom. The number of nitrogens with one attached hydrogen (secondary N) is 2. The van der Waals surface area contributed by atoms with E-state index in [2.05, 4.69) is 26.9 Å². The summed E-state index contributed by atoms with van der Waals surface area (Å²) in [5, 5.41) is 15.4. The summed E-state index contributed by atoms with van der Waals surface area (Å²) in [7, 11) is 1.97. The van der Waals surface area contributed by atoms with Crippen molar-refractivity contribution in [3.63, 3.8) is 0 Å². The summed E-state index contributed by atoms with van der Waals surface area (Å²) < 4.78 is 12.8. The van der Waals surface area contributed by atoms with Crippen LogP contribution in [0.2, 0.25) is 0 Å². The molecule has 1 aliphatic carbocycles. The monoisotopic (exact) mass is 512 g/mol. The maximum atomic E-state index is 5.46. The van der Waals surface area contributed by atoms with E-state index in [4.69, 9.17) is 14.5 Å². The van der Waals surface area contributed by atoms with Crippen LogP contribution in [0.3, 0.4) is 0 Å². The largest absolute Gasteiger partial charge is 0.454 e. The van der Waals surface area contributed by atoms with Crippen molar-refractivity contribution in [1.82, 2.24) is 25.4 Å². The molecule has 0 spiro atoms. The van der Waals surface area contributed by atoms with Crippen LogP contribution >= 0.6 is 24.0 Å². The van der Waals surface area contributed by atoms with E-state index in [1.807, 2.05) is 30.7 Å². The second-order valence-electron chi connectivity index (χ2n) is 7.38. The number of fused-ring (bicyclic) bond motifs is 1. The Bertz CT molecular complexity index is 847. The average molecular weight is 512 g/mol. The smallest absolute Gasteiger partial charge is 0.231 e. The van der Waals surface area contributed by atoms with Crippen LogP contribution in [0, 0.1) is 6.92 Å². The van der Waals surface area contributed by atoms with E-state index in [1.165, 1.54) is 31.2 Å². The van der Waals surface area contributed by atoms with Gasteiger partial charge in [-0.15, -0.1) is 34.2 Å². The molecule has 1 aromatic carbocycles. The summed E-state index contributed by atoms with van der Waals surface area (Å²) in [6.07, 6.45) is 5.85. The summed E-state index contributed by atoms with van der Waals surface area (Å²) in [5.41, 5.74) is 1.21. The first kappa shape index (κ1) is 21.7. The number of hydrogen-bond acceptors (Lipinski definition) is 5. The van der Waals surface area contributed by atoms with E-state index in [1.54, 1.807) is 0 Å². The van der Waals surface area contributed by atoms with Gasteiger partial charge in [-0.3, -0.25) is 0 Å². The molecule has 2 aromatic rings. The zero-order chi connectivity index (χ0) is 19.3. The molecule has 0 unspecified atom stereocenters. The van der Waals surface area contributed by atoms with Crippen LogP contribution in [0.4, 0.5) is 0 Å². The first-order valence-electron chi connectivity index (χ1n) is 9.97. The van der Waals surface area contributed by atoms with E-state index >= 15 is 0 Å². The molecule has 9 heteroatoms. The van der Waals surface area contributed by atoms with E-state index in [0.717, 1.165) is 42.1 Å². The van der Waals surface area contributed by atoms with Crippen molar-refractivity contribution in [3.8, 4) is 11.5 Å². The number of ether oxygens (including phenoxy) is 2. The Labute approximate surface area is 188 Å². The predicted molar refractivity (Wildman–Crippen MR) is 122 cm³/mol. The third-order valence-electron chi connectivity index (χ3n) is 5.40. The summed E-state index contributed by atoms with van der Waals surface area (Å²) >= 11 is 0. The fourth-order valence-electron chi connectivity index (χ4n) is 3.58. The van der Waals surface area contributed by atoms with E-state index in [9.17, 15) is 0 Å². The van der Waals surface area contributed by atoms with Crippen molar-refractivity contribution in [2.24, 2.45) is 12.0 Å². The van der Waals surface area contributed by atoms with Crippen molar-refractivity contribution in [3.05, 3.63) is 35.4 Å². The minimum absolute atomic E-state index is 0. The van der Waals surface area contributed by atoms with Gasteiger partial charge in [-0.25, -0.2) is 4.99 Å². The van der Waals surface area contributed by atoms with Gasteiger partial charge in [0.25, 0.3) is 0 Å². The van der Waals surface area contributed by atoms with Crippen LogP contribution in [0.15, 0.2) is 23.2 Å². The van der Waals surface area contributed by atoms with Crippen LogP contribution in [-0.4, -0.2) is 40.1 Å². The highest BCUT2D eigenvalue weighted by molar-refractivity contribution is 14.0. The maximum Gasteiger partial charge on any atom is 0.231 e. The highest BCUT2D eigenvalue weighted by atomic mass is 127. The van der Waals surface area contributed by atoms with Crippen LogP contribution in [0.5, 0.6) is 11.5 Å². The molecule has 158 valence electrons. The summed E-state index contributed by atoms with van der Waals surface area (Å²) in [4.78, 5) is 4.75. The first-order valence-corrected chi connectivity index (χ1v) is 9.97. The predicted octanol–water partition coefficient (Wildman–Crippen LogP) is 2.69. The van der Waals surface area contributed by atoms with Crippen LogP contribution in [-0.2, 0) is 20.0 Å². The molecule has 2 aliphatic rings. The van der Waals surface area contributed by atoms with Crippen molar-refractivity contribution in [2.45, 2.75) is 51.6 Å². The molecule has 1 aliphatic heterocycles. The number of aliphatic imine (C=N–C) groups is 1. The molecule has 2 N–H and O–H groups in total. The van der Waals surface area contributed by atoms with Crippen molar-refractivity contribution < 1.29 is 9.47 Å². The molecule has 2 heterocycles. The maximum absolute atomic E-state index is 5.46. The van der Waals surface area contributed by atoms with Crippen molar-refractivity contribution >= 4 is 29.9 Å². The number of halogens is 1. The summed E-state index contributed by atoms with van der Waals surface area (Å²) in [6, 6.07) is 6.60. The van der Waals surface area contributed by atoms with Gasteiger partial charge in [-0.2, -0.15) is 0 Å². The Balaban J connectivity index is 0.00000240. The Morgan fingerprint density at radius 3 is 2.76 bits per heavy atom. The fourth-order valence-corrected chi connectivity index (χ4v) is 3.58. The van der Waals surface area contributed by atoms with Crippen LogP contribution in [0.1, 0.15) is 42.9 Å². The molecule has 29 heavy (non-hydrogen) atoms. The lowest BCUT2D eigenvalue weighted by Crippen LogP contribution is -2.43. The topological polar surface area (TPSA) is 85.6 Å². The van der Waals surface area contributed by atoms with Gasteiger partial charge in [0, 0.05) is 19.6 Å². The lowest BCUT2D eigenvalue weighted by molar-refractivity contribution is 0.174. The molecule has 0 saturated heterocycles. The molecule has 8 nitrogen and oxygen atoms in total. The van der Waals surface area contributed by atoms with Crippen LogP contribution in [0.25, 0.3) is 0 Å². The van der Waals surface area contributed by atoms with E-state index in [0.29, 0.717) is 19.4 Å². The number of nitrogens with zero attached hydrogens (tertiary/aromatic N) is 4. The highest BCUT2D eigenvalue weighted by Gasteiger charge is 2.17. The fraction of sp³-hybridized carbons (Fsp3) is 0.550. The quantitative estimate of drug-likeness (QED) is 0.352. The molecule has 1 fully saturated rings. The van der Waals surface area contributed by atoms with Gasteiger partial charge in [0.05, 0.1) is 0 Å². The van der Waals surface area contributed by atoms with Gasteiger partial charge in [0.15, 0.2) is 23.3 Å². The first-order chi connectivity index (χ1) is 13.7. The standard InChI is InChI=1S/C20H28N6O2.HI/c1-14-24-25-19(26(14)2)12-22-20(23-16-5-3-4-6-16)21-10-9-15-7-8-17-18(11-15)28-13-27-17;/h7-8,11,16H,3-6,9-10,12-13H2,1-2H3,(H2,21,22,23);1H. The zero-order valence-electron chi connectivity index (χ0n) is 17.0. The zero-order valence-corrected chi connectivity index (χ0v) is 19.3. The van der Waals surface area contributed by atoms with E-state index < -0.39 is 0 Å². The number of rotatable bonds is 6. The Morgan fingerprint density at radius 1 is 1.21 bits per heavy atom.